The van der Waals surface area contributed by atoms with Crippen molar-refractivity contribution in [3.8, 4) is 0 Å². The molecule has 2 aromatic rings. The van der Waals surface area contributed by atoms with Gasteiger partial charge in [0.2, 0.25) is 0 Å². The zero-order valence-electron chi connectivity index (χ0n) is 8.93. The van der Waals surface area contributed by atoms with E-state index in [0.29, 0.717) is 0 Å². The summed E-state index contributed by atoms with van der Waals surface area (Å²) in [5.74, 6) is 0. The van der Waals surface area contributed by atoms with Crippen LogP contribution in [0.25, 0.3) is 0 Å². The van der Waals surface area contributed by atoms with E-state index in [4.69, 9.17) is 11.6 Å². The molecule has 0 aromatic carbocycles. The average molecular weight is 254 g/mol. The van der Waals surface area contributed by atoms with Crippen LogP contribution in [0.1, 0.15) is 11.4 Å². The molecule has 2 aromatic heterocycles. The minimum atomic E-state index is 0.729. The molecule has 16 heavy (non-hydrogen) atoms. The summed E-state index contributed by atoms with van der Waals surface area (Å²) in [6.45, 7) is 1.61. The first-order chi connectivity index (χ1) is 7.74. The minimum Gasteiger partial charge on any atom is -0.295 e. The van der Waals surface area contributed by atoms with Crippen LogP contribution in [0, 0.1) is 0 Å². The molecule has 0 aliphatic heterocycles. The Bertz CT molecular complexity index is 444. The fraction of sp³-hybridized carbons (Fsp3) is 0.273. The van der Waals surface area contributed by atoms with Crippen LogP contribution in [0.3, 0.4) is 0 Å². The molecule has 5 heteroatoms. The average Bonchev–Trinajstić information content (AvgIpc) is 2.70. The van der Waals surface area contributed by atoms with Crippen LogP contribution in [-0.4, -0.2) is 21.9 Å². The summed E-state index contributed by atoms with van der Waals surface area (Å²) >= 11 is 7.52. The van der Waals surface area contributed by atoms with Gasteiger partial charge in [0.1, 0.15) is 0 Å². The Hall–Kier alpha value is -0.970. The van der Waals surface area contributed by atoms with Crippen molar-refractivity contribution in [2.24, 2.45) is 0 Å². The molecular formula is C11H12ClN3S. The van der Waals surface area contributed by atoms with E-state index in [1.807, 2.05) is 18.6 Å². The smallest absolute Gasteiger partial charge is 0.0795 e. The van der Waals surface area contributed by atoms with E-state index in [1.165, 1.54) is 0 Å². The van der Waals surface area contributed by atoms with Gasteiger partial charge in [-0.3, -0.25) is 9.88 Å². The second kappa shape index (κ2) is 5.39. The van der Waals surface area contributed by atoms with E-state index in [0.717, 1.165) is 29.5 Å². The molecule has 0 saturated carbocycles. The molecule has 2 heterocycles. The highest BCUT2D eigenvalue weighted by atomic mass is 35.5. The highest BCUT2D eigenvalue weighted by Gasteiger charge is 2.04. The zero-order chi connectivity index (χ0) is 11.4. The van der Waals surface area contributed by atoms with Crippen molar-refractivity contribution in [3.63, 3.8) is 0 Å². The molecule has 0 aliphatic carbocycles. The Labute approximate surface area is 104 Å². The summed E-state index contributed by atoms with van der Waals surface area (Å²) in [4.78, 5) is 10.7. The predicted octanol–water partition coefficient (Wildman–Crippen LogP) is 2.82. The summed E-state index contributed by atoms with van der Waals surface area (Å²) in [5, 5.41) is 2.79. The highest BCUT2D eigenvalue weighted by Crippen LogP contribution is 2.11. The molecule has 0 bridgehead atoms. The Morgan fingerprint density at radius 3 is 2.81 bits per heavy atom. The number of pyridine rings is 1. The number of hydrogen-bond donors (Lipinski definition) is 0. The second-order valence-electron chi connectivity index (χ2n) is 3.62. The molecular weight excluding hydrogens is 242 g/mol. The first-order valence-corrected chi connectivity index (χ1v) is 6.22. The molecule has 0 unspecified atom stereocenters. The molecule has 0 amide bonds. The first kappa shape index (κ1) is 11.5. The van der Waals surface area contributed by atoms with Gasteiger partial charge in [-0.05, 0) is 19.2 Å². The van der Waals surface area contributed by atoms with Crippen LogP contribution in [0.4, 0.5) is 0 Å². The lowest BCUT2D eigenvalue weighted by Crippen LogP contribution is -2.18. The minimum absolute atomic E-state index is 0.729. The Morgan fingerprint density at radius 1 is 1.31 bits per heavy atom. The third kappa shape index (κ3) is 3.27. The summed E-state index contributed by atoms with van der Waals surface area (Å²) in [6, 6.07) is 3.67. The quantitative estimate of drug-likeness (QED) is 0.839. The molecule has 0 aliphatic rings. The van der Waals surface area contributed by atoms with Gasteiger partial charge in [0.25, 0.3) is 0 Å². The monoisotopic (exact) mass is 253 g/mol. The molecule has 84 valence electrons. The molecule has 0 N–H and O–H groups in total. The van der Waals surface area contributed by atoms with Gasteiger partial charge in [-0.1, -0.05) is 11.6 Å². The van der Waals surface area contributed by atoms with Crippen molar-refractivity contribution in [3.05, 3.63) is 45.6 Å². The maximum atomic E-state index is 5.90. The number of rotatable bonds is 4. The van der Waals surface area contributed by atoms with E-state index in [9.17, 15) is 0 Å². The number of halogens is 1. The standard InChI is InChI=1S/C11H12ClN3S/c1-15(6-11-7-16-8-14-11)5-10-4-9(12)2-3-13-10/h2-4,7-8H,5-6H2,1H3. The molecule has 0 atom stereocenters. The summed E-state index contributed by atoms with van der Waals surface area (Å²) in [7, 11) is 2.04. The lowest BCUT2D eigenvalue weighted by atomic mass is 10.3. The first-order valence-electron chi connectivity index (χ1n) is 4.90. The van der Waals surface area contributed by atoms with Crippen molar-refractivity contribution < 1.29 is 0 Å². The van der Waals surface area contributed by atoms with Crippen molar-refractivity contribution >= 4 is 22.9 Å². The van der Waals surface area contributed by atoms with E-state index >= 15 is 0 Å². The van der Waals surface area contributed by atoms with E-state index in [2.05, 4.69) is 20.2 Å². The third-order valence-corrected chi connectivity index (χ3v) is 3.00. The van der Waals surface area contributed by atoms with Gasteiger partial charge < -0.3 is 0 Å². The predicted molar refractivity (Wildman–Crippen MR) is 66.5 cm³/mol. The maximum absolute atomic E-state index is 5.90. The summed E-state index contributed by atoms with van der Waals surface area (Å²) < 4.78 is 0. The SMILES string of the molecule is CN(Cc1cscn1)Cc1cc(Cl)ccn1. The maximum Gasteiger partial charge on any atom is 0.0795 e. The van der Waals surface area contributed by atoms with Crippen LogP contribution < -0.4 is 0 Å². The van der Waals surface area contributed by atoms with Gasteiger partial charge >= 0.3 is 0 Å². The Morgan fingerprint density at radius 2 is 2.12 bits per heavy atom. The second-order valence-corrected chi connectivity index (χ2v) is 4.77. The van der Waals surface area contributed by atoms with Gasteiger partial charge in [0.05, 0.1) is 16.9 Å². The van der Waals surface area contributed by atoms with Crippen LogP contribution in [0.2, 0.25) is 5.02 Å². The number of aromatic nitrogens is 2. The summed E-state index contributed by atoms with van der Waals surface area (Å²) in [6.07, 6.45) is 1.73. The van der Waals surface area contributed by atoms with Crippen LogP contribution in [0.5, 0.6) is 0 Å². The lowest BCUT2D eigenvalue weighted by Gasteiger charge is -2.14. The van der Waals surface area contributed by atoms with Gasteiger partial charge in [0, 0.05) is 29.7 Å². The van der Waals surface area contributed by atoms with E-state index in [1.54, 1.807) is 23.6 Å². The van der Waals surface area contributed by atoms with Crippen molar-refractivity contribution in [2.75, 3.05) is 7.05 Å². The molecule has 0 saturated heterocycles. The van der Waals surface area contributed by atoms with E-state index < -0.39 is 0 Å². The topological polar surface area (TPSA) is 29.0 Å². The van der Waals surface area contributed by atoms with Gasteiger partial charge in [-0.2, -0.15) is 0 Å². The summed E-state index contributed by atoms with van der Waals surface area (Å²) in [5.41, 5.74) is 3.92. The number of hydrogen-bond acceptors (Lipinski definition) is 4. The zero-order valence-corrected chi connectivity index (χ0v) is 10.5. The Balaban J connectivity index is 1.94. The molecule has 0 spiro atoms. The molecule has 0 radical (unpaired) electrons. The molecule has 3 nitrogen and oxygen atoms in total. The highest BCUT2D eigenvalue weighted by molar-refractivity contribution is 7.07. The van der Waals surface area contributed by atoms with Crippen molar-refractivity contribution in [2.45, 2.75) is 13.1 Å². The normalized spacial score (nSPS) is 10.9. The van der Waals surface area contributed by atoms with Gasteiger partial charge in [0.15, 0.2) is 0 Å². The van der Waals surface area contributed by atoms with Crippen molar-refractivity contribution in [1.29, 1.82) is 0 Å². The lowest BCUT2D eigenvalue weighted by molar-refractivity contribution is 0.312. The fourth-order valence-electron chi connectivity index (χ4n) is 1.46. The number of thiazole rings is 1. The largest absolute Gasteiger partial charge is 0.295 e. The van der Waals surface area contributed by atoms with Crippen LogP contribution in [-0.2, 0) is 13.1 Å². The van der Waals surface area contributed by atoms with Gasteiger partial charge in [-0.15, -0.1) is 11.3 Å². The van der Waals surface area contributed by atoms with Gasteiger partial charge in [-0.25, -0.2) is 4.98 Å². The number of nitrogens with zero attached hydrogens (tertiary/aromatic N) is 3. The Kier molecular flexibility index (Phi) is 3.88. The molecule has 0 fully saturated rings. The van der Waals surface area contributed by atoms with Crippen LogP contribution >= 0.6 is 22.9 Å². The molecule has 2 rings (SSSR count). The van der Waals surface area contributed by atoms with Crippen LogP contribution in [0.15, 0.2) is 29.2 Å². The third-order valence-electron chi connectivity index (χ3n) is 2.13. The van der Waals surface area contributed by atoms with Crippen molar-refractivity contribution in [1.82, 2.24) is 14.9 Å². The fourth-order valence-corrected chi connectivity index (χ4v) is 2.19. The van der Waals surface area contributed by atoms with E-state index in [-0.39, 0.29) is 0 Å².